The number of terminal acetylenes is 1. The molecule has 0 radical (unpaired) electrons. The highest BCUT2D eigenvalue weighted by Crippen LogP contribution is 2.23. The molecule has 1 aliphatic rings. The standard InChI is InChI=1S/C18H18N2O4S2/c1-2-15-6-5-7-16(14-15)19-25(21,22)17-8-10-18(11-9-17)26(23,24)20-12-3-4-13-20/h1,5-11,14,19H,3-4,12-13H2. The second-order valence-electron chi connectivity index (χ2n) is 5.91. The quantitative estimate of drug-likeness (QED) is 0.794. The zero-order chi connectivity index (χ0) is 18.8. The van der Waals surface area contributed by atoms with Crippen LogP contribution < -0.4 is 4.72 Å². The summed E-state index contributed by atoms with van der Waals surface area (Å²) in [5.74, 6) is 2.44. The van der Waals surface area contributed by atoms with Crippen molar-refractivity contribution >= 4 is 25.7 Å². The van der Waals surface area contributed by atoms with Crippen LogP contribution in [0.5, 0.6) is 0 Å². The second kappa shape index (κ2) is 7.11. The summed E-state index contributed by atoms with van der Waals surface area (Å²) in [4.78, 5) is 0.0664. The van der Waals surface area contributed by atoms with Gasteiger partial charge >= 0.3 is 0 Å². The van der Waals surface area contributed by atoms with Crippen molar-refractivity contribution in [1.29, 1.82) is 0 Å². The highest BCUT2D eigenvalue weighted by atomic mass is 32.2. The molecule has 136 valence electrons. The Morgan fingerprint density at radius 1 is 0.923 bits per heavy atom. The summed E-state index contributed by atoms with van der Waals surface area (Å²) in [7, 11) is -7.42. The van der Waals surface area contributed by atoms with Crippen molar-refractivity contribution in [3.63, 3.8) is 0 Å². The molecule has 0 aromatic heterocycles. The second-order valence-corrected chi connectivity index (χ2v) is 9.53. The Labute approximate surface area is 154 Å². The van der Waals surface area contributed by atoms with Gasteiger partial charge in [-0.3, -0.25) is 4.72 Å². The molecule has 2 aromatic rings. The molecule has 0 amide bonds. The van der Waals surface area contributed by atoms with Crippen LogP contribution in [0.4, 0.5) is 5.69 Å². The van der Waals surface area contributed by atoms with Crippen LogP contribution >= 0.6 is 0 Å². The van der Waals surface area contributed by atoms with Gasteiger partial charge in [0.15, 0.2) is 0 Å². The molecule has 3 rings (SSSR count). The molecular formula is C18H18N2O4S2. The molecule has 0 bridgehead atoms. The molecule has 0 spiro atoms. The number of hydrogen-bond donors (Lipinski definition) is 1. The van der Waals surface area contributed by atoms with Crippen molar-refractivity contribution in [2.75, 3.05) is 17.8 Å². The molecule has 6 nitrogen and oxygen atoms in total. The molecule has 8 heteroatoms. The Bertz CT molecular complexity index is 1050. The van der Waals surface area contributed by atoms with E-state index in [0.717, 1.165) is 12.8 Å². The fraction of sp³-hybridized carbons (Fsp3) is 0.222. The van der Waals surface area contributed by atoms with Gasteiger partial charge in [-0.2, -0.15) is 4.31 Å². The van der Waals surface area contributed by atoms with Crippen molar-refractivity contribution in [3.8, 4) is 12.3 Å². The molecular weight excluding hydrogens is 372 g/mol. The van der Waals surface area contributed by atoms with E-state index < -0.39 is 20.0 Å². The van der Waals surface area contributed by atoms with E-state index in [4.69, 9.17) is 6.42 Å². The predicted molar refractivity (Wildman–Crippen MR) is 99.6 cm³/mol. The van der Waals surface area contributed by atoms with Crippen LogP contribution in [0.3, 0.4) is 0 Å². The molecule has 26 heavy (non-hydrogen) atoms. The smallest absolute Gasteiger partial charge is 0.261 e. The van der Waals surface area contributed by atoms with Gasteiger partial charge in [-0.15, -0.1) is 6.42 Å². The molecule has 0 atom stereocenters. The summed E-state index contributed by atoms with van der Waals surface area (Å²) in [6, 6.07) is 11.7. The lowest BCUT2D eigenvalue weighted by molar-refractivity contribution is 0.477. The summed E-state index contributed by atoms with van der Waals surface area (Å²) in [5.41, 5.74) is 0.895. The third-order valence-electron chi connectivity index (χ3n) is 4.12. The summed E-state index contributed by atoms with van der Waals surface area (Å²) in [6.07, 6.45) is 6.99. The van der Waals surface area contributed by atoms with Crippen LogP contribution in [0.15, 0.2) is 58.3 Å². The van der Waals surface area contributed by atoms with Crippen LogP contribution in [0.1, 0.15) is 18.4 Å². The van der Waals surface area contributed by atoms with Gasteiger partial charge in [0.25, 0.3) is 10.0 Å². The minimum atomic E-state index is -3.85. The van der Waals surface area contributed by atoms with Gasteiger partial charge in [0, 0.05) is 18.7 Å². The third kappa shape index (κ3) is 3.75. The van der Waals surface area contributed by atoms with Gasteiger partial charge in [-0.1, -0.05) is 12.0 Å². The molecule has 0 saturated carbocycles. The minimum absolute atomic E-state index is 0.0241. The number of sulfonamides is 2. The van der Waals surface area contributed by atoms with E-state index >= 15 is 0 Å². The maximum atomic E-state index is 12.5. The Hall–Kier alpha value is -2.34. The maximum Gasteiger partial charge on any atom is 0.261 e. The number of anilines is 1. The Morgan fingerprint density at radius 2 is 1.54 bits per heavy atom. The lowest BCUT2D eigenvalue weighted by Gasteiger charge is -2.15. The first-order valence-electron chi connectivity index (χ1n) is 8.03. The number of hydrogen-bond acceptors (Lipinski definition) is 4. The van der Waals surface area contributed by atoms with E-state index in [0.29, 0.717) is 24.3 Å². The van der Waals surface area contributed by atoms with E-state index in [1.54, 1.807) is 24.3 Å². The van der Waals surface area contributed by atoms with E-state index in [-0.39, 0.29) is 9.79 Å². The van der Waals surface area contributed by atoms with Crippen molar-refractivity contribution in [3.05, 3.63) is 54.1 Å². The molecule has 1 fully saturated rings. The van der Waals surface area contributed by atoms with E-state index in [1.165, 1.54) is 28.6 Å². The van der Waals surface area contributed by atoms with Gasteiger partial charge < -0.3 is 0 Å². The third-order valence-corrected chi connectivity index (χ3v) is 7.43. The molecule has 0 unspecified atom stereocenters. The predicted octanol–water partition coefficient (Wildman–Crippen LogP) is 2.25. The Kier molecular flexibility index (Phi) is 5.05. The average Bonchev–Trinajstić information content (AvgIpc) is 3.17. The van der Waals surface area contributed by atoms with E-state index in [1.807, 2.05) is 0 Å². The highest BCUT2D eigenvalue weighted by Gasteiger charge is 2.27. The van der Waals surface area contributed by atoms with Crippen LogP contribution in [0.2, 0.25) is 0 Å². The molecule has 0 aliphatic carbocycles. The Morgan fingerprint density at radius 3 is 2.15 bits per heavy atom. The van der Waals surface area contributed by atoms with Crippen molar-refractivity contribution < 1.29 is 16.8 Å². The van der Waals surface area contributed by atoms with Gasteiger partial charge in [0.05, 0.1) is 15.5 Å². The lowest BCUT2D eigenvalue weighted by Crippen LogP contribution is -2.27. The largest absolute Gasteiger partial charge is 0.280 e. The van der Waals surface area contributed by atoms with E-state index in [2.05, 4.69) is 10.6 Å². The van der Waals surface area contributed by atoms with Crippen molar-refractivity contribution in [2.45, 2.75) is 22.6 Å². The summed E-state index contributed by atoms with van der Waals surface area (Å²) >= 11 is 0. The molecule has 1 heterocycles. The molecule has 1 saturated heterocycles. The fourth-order valence-corrected chi connectivity index (χ4v) is 5.32. The van der Waals surface area contributed by atoms with Crippen molar-refractivity contribution in [1.82, 2.24) is 4.31 Å². The maximum absolute atomic E-state index is 12.5. The first-order chi connectivity index (χ1) is 12.3. The van der Waals surface area contributed by atoms with Crippen LogP contribution in [0.25, 0.3) is 0 Å². The number of nitrogens with one attached hydrogen (secondary N) is 1. The van der Waals surface area contributed by atoms with Crippen molar-refractivity contribution in [2.24, 2.45) is 0 Å². The van der Waals surface area contributed by atoms with Gasteiger partial charge in [0.2, 0.25) is 10.0 Å². The van der Waals surface area contributed by atoms with Gasteiger partial charge in [0.1, 0.15) is 0 Å². The van der Waals surface area contributed by atoms with Gasteiger partial charge in [-0.05, 0) is 55.3 Å². The summed E-state index contributed by atoms with van der Waals surface area (Å²) in [5, 5.41) is 0. The Balaban J connectivity index is 1.84. The SMILES string of the molecule is C#Cc1cccc(NS(=O)(=O)c2ccc(S(=O)(=O)N3CCCC3)cc2)c1. The monoisotopic (exact) mass is 390 g/mol. The van der Waals surface area contributed by atoms with Crippen LogP contribution in [-0.2, 0) is 20.0 Å². The molecule has 1 N–H and O–H groups in total. The molecule has 2 aromatic carbocycles. The van der Waals surface area contributed by atoms with Gasteiger partial charge in [-0.25, -0.2) is 16.8 Å². The zero-order valence-electron chi connectivity index (χ0n) is 13.9. The first kappa shape index (κ1) is 18.5. The lowest BCUT2D eigenvalue weighted by atomic mass is 10.2. The number of benzene rings is 2. The summed E-state index contributed by atoms with van der Waals surface area (Å²) in [6.45, 7) is 0.991. The topological polar surface area (TPSA) is 83.5 Å². The number of nitrogens with zero attached hydrogens (tertiary/aromatic N) is 1. The highest BCUT2D eigenvalue weighted by molar-refractivity contribution is 7.92. The average molecular weight is 390 g/mol. The fourth-order valence-electron chi connectivity index (χ4n) is 2.75. The summed E-state index contributed by atoms with van der Waals surface area (Å²) < 4.78 is 53.8. The first-order valence-corrected chi connectivity index (χ1v) is 10.9. The molecule has 1 aliphatic heterocycles. The normalized spacial score (nSPS) is 15.5. The zero-order valence-corrected chi connectivity index (χ0v) is 15.6. The minimum Gasteiger partial charge on any atom is -0.280 e. The van der Waals surface area contributed by atoms with Crippen LogP contribution in [-0.4, -0.2) is 34.2 Å². The van der Waals surface area contributed by atoms with Crippen LogP contribution in [0, 0.1) is 12.3 Å². The van der Waals surface area contributed by atoms with E-state index in [9.17, 15) is 16.8 Å². The number of rotatable bonds is 5.